The zero-order valence-electron chi connectivity index (χ0n) is 18.7. The molecule has 6 atom stereocenters. The van der Waals surface area contributed by atoms with Crippen molar-refractivity contribution in [2.24, 2.45) is 23.5 Å². The van der Waals surface area contributed by atoms with Gasteiger partial charge in [0.2, 0.25) is 11.8 Å². The highest BCUT2D eigenvalue weighted by atomic mass is 79.9. The molecule has 6 unspecified atom stereocenters. The molecule has 0 spiro atoms. The third-order valence-corrected chi connectivity index (χ3v) is 9.71. The predicted molar refractivity (Wildman–Crippen MR) is 129 cm³/mol. The minimum absolute atomic E-state index is 0.0681. The summed E-state index contributed by atoms with van der Waals surface area (Å²) in [6, 6.07) is 3.44. The molecule has 2 aliphatic heterocycles. The Morgan fingerprint density at radius 2 is 1.89 bits per heavy atom. The third-order valence-electron chi connectivity index (χ3n) is 7.80. The Hall–Kier alpha value is -2.63. The second-order valence-corrected chi connectivity index (χ2v) is 11.0. The van der Waals surface area contributed by atoms with Crippen LogP contribution < -0.4 is 10.5 Å². The number of carbonyl (C=O) groups excluding carboxylic acids is 5. The lowest BCUT2D eigenvalue weighted by Crippen LogP contribution is -2.60. The number of halogens is 3. The maximum Gasteiger partial charge on any atom is 0.328 e. The van der Waals surface area contributed by atoms with Crippen LogP contribution in [-0.4, -0.2) is 66.9 Å². The maximum absolute atomic E-state index is 13.6. The Bertz CT molecular complexity index is 1290. The molecule has 2 heterocycles. The smallest absolute Gasteiger partial charge is 0.328 e. The summed E-state index contributed by atoms with van der Waals surface area (Å²) < 4.78 is 5.24. The first-order valence-electron chi connectivity index (χ1n) is 11.0. The van der Waals surface area contributed by atoms with Gasteiger partial charge in [-0.15, -0.1) is 23.2 Å². The average molecular weight is 601 g/mol. The number of ether oxygens (including phenoxy) is 1. The van der Waals surface area contributed by atoms with Crippen molar-refractivity contribution in [2.75, 3.05) is 12.6 Å². The molecule has 1 aromatic rings. The molecule has 0 radical (unpaired) electrons. The number of hydrogen-bond acceptors (Lipinski definition) is 7. The number of urea groups is 1. The van der Waals surface area contributed by atoms with Gasteiger partial charge in [-0.3, -0.25) is 24.1 Å². The summed E-state index contributed by atoms with van der Waals surface area (Å²) in [4.78, 5) is 62.4. The number of aromatic hydroxyl groups is 1. The molecular formula is C23H20BrCl2N3O7. The number of carbonyl (C=O) groups is 5. The maximum atomic E-state index is 13.6. The van der Waals surface area contributed by atoms with Crippen LogP contribution in [0.2, 0.25) is 0 Å². The molecule has 190 valence electrons. The van der Waals surface area contributed by atoms with Crippen LogP contribution in [0.1, 0.15) is 24.3 Å². The first-order valence-corrected chi connectivity index (χ1v) is 12.9. The van der Waals surface area contributed by atoms with E-state index in [1.54, 1.807) is 12.1 Å². The first-order chi connectivity index (χ1) is 16.9. The molecule has 3 fully saturated rings. The number of methoxy groups -OCH3 is 1. The van der Waals surface area contributed by atoms with Crippen molar-refractivity contribution in [1.29, 1.82) is 0 Å². The highest BCUT2D eigenvalue weighted by Crippen LogP contribution is 2.66. The summed E-state index contributed by atoms with van der Waals surface area (Å²) in [5.41, 5.74) is 5.77. The number of allylic oxidation sites excluding steroid dienone is 2. The Morgan fingerprint density at radius 3 is 2.50 bits per heavy atom. The molecule has 10 nitrogen and oxygen atoms in total. The monoisotopic (exact) mass is 599 g/mol. The molecule has 1 aromatic carbocycles. The summed E-state index contributed by atoms with van der Waals surface area (Å²) in [5, 5.41) is 11.1. The number of primary amides is 1. The molecule has 13 heteroatoms. The number of phenols is 1. The van der Waals surface area contributed by atoms with E-state index in [4.69, 9.17) is 33.7 Å². The molecule has 0 aromatic heterocycles. The van der Waals surface area contributed by atoms with E-state index in [1.165, 1.54) is 19.2 Å². The molecule has 2 aliphatic carbocycles. The number of likely N-dealkylation sites (tertiary alicyclic amines) is 2. The van der Waals surface area contributed by atoms with Crippen molar-refractivity contribution in [2.45, 2.75) is 28.5 Å². The molecule has 3 N–H and O–H groups in total. The van der Waals surface area contributed by atoms with Crippen molar-refractivity contribution in [3.63, 3.8) is 0 Å². The molecule has 36 heavy (non-hydrogen) atoms. The van der Waals surface area contributed by atoms with Crippen molar-refractivity contribution in [3.05, 3.63) is 35.4 Å². The van der Waals surface area contributed by atoms with E-state index in [0.717, 1.165) is 4.90 Å². The van der Waals surface area contributed by atoms with E-state index in [2.05, 4.69) is 15.9 Å². The van der Waals surface area contributed by atoms with Gasteiger partial charge in [0.25, 0.3) is 11.8 Å². The van der Waals surface area contributed by atoms with E-state index in [-0.39, 0.29) is 35.4 Å². The number of phenolic OH excluding ortho intramolecular Hbond substituents is 1. The average Bonchev–Trinajstić information content (AvgIpc) is 3.18. The number of fused-ring (bicyclic) bond motifs is 4. The molecular weight excluding hydrogens is 581 g/mol. The number of amides is 6. The SMILES string of the molecule is COc1cccc(C2C3=CCC4C(=O)N(C(N)=O)C(=O)C4C3CC3(Cl)C(=O)N(CBr)C(=O)C23Cl)c1O. The van der Waals surface area contributed by atoms with Crippen LogP contribution in [0.15, 0.2) is 29.8 Å². The van der Waals surface area contributed by atoms with Crippen LogP contribution in [-0.2, 0) is 19.2 Å². The highest BCUT2D eigenvalue weighted by Gasteiger charge is 2.76. The van der Waals surface area contributed by atoms with Gasteiger partial charge >= 0.3 is 6.03 Å². The molecule has 4 aliphatic rings. The third kappa shape index (κ3) is 2.87. The fourth-order valence-electron chi connectivity index (χ4n) is 6.25. The zero-order chi connectivity index (χ0) is 26.3. The fraction of sp³-hybridized carbons (Fsp3) is 0.435. The van der Waals surface area contributed by atoms with Crippen LogP contribution in [0, 0.1) is 17.8 Å². The number of nitrogens with zero attached hydrogens (tertiary/aromatic N) is 2. The summed E-state index contributed by atoms with van der Waals surface area (Å²) in [7, 11) is 1.35. The molecule has 0 bridgehead atoms. The van der Waals surface area contributed by atoms with E-state index < -0.39 is 63.1 Å². The van der Waals surface area contributed by atoms with Crippen LogP contribution in [0.5, 0.6) is 11.5 Å². The summed E-state index contributed by atoms with van der Waals surface area (Å²) in [6.45, 7) is 0. The second-order valence-electron chi connectivity index (χ2n) is 9.23. The standard InChI is InChI=1S/C23H20BrCl2N3O7/c1-36-13-4-2-3-11(16(13)30)15-9-5-6-10-14(18(32)29(17(10)31)21(27)35)12(9)7-22(25)19(33)28(8-24)20(34)23(15,22)26/h2-5,10,12,14-15,30H,6-8H2,1H3,(H2,27,35). The molecule has 6 amide bonds. The van der Waals surface area contributed by atoms with Crippen LogP contribution in [0.25, 0.3) is 0 Å². The lowest BCUT2D eigenvalue weighted by Gasteiger charge is -2.50. The van der Waals surface area contributed by atoms with Gasteiger partial charge in [0.1, 0.15) is 0 Å². The zero-order valence-corrected chi connectivity index (χ0v) is 21.8. The van der Waals surface area contributed by atoms with Crippen molar-refractivity contribution < 1.29 is 33.8 Å². The summed E-state index contributed by atoms with van der Waals surface area (Å²) in [5.74, 6) is -7.18. The lowest BCUT2D eigenvalue weighted by atomic mass is 9.56. The minimum atomic E-state index is -2.06. The molecule has 1 saturated carbocycles. The Kier molecular flexibility index (Phi) is 5.70. The predicted octanol–water partition coefficient (Wildman–Crippen LogP) is 2.19. The van der Waals surface area contributed by atoms with Crippen molar-refractivity contribution in [3.8, 4) is 11.5 Å². The summed E-state index contributed by atoms with van der Waals surface area (Å²) in [6.07, 6.45) is 1.50. The topological polar surface area (TPSA) is 147 Å². The lowest BCUT2D eigenvalue weighted by molar-refractivity contribution is -0.139. The second kappa shape index (κ2) is 8.19. The Labute approximate surface area is 223 Å². The van der Waals surface area contributed by atoms with E-state index in [1.807, 2.05) is 0 Å². The minimum Gasteiger partial charge on any atom is -0.504 e. The molecule has 2 saturated heterocycles. The van der Waals surface area contributed by atoms with Crippen molar-refractivity contribution in [1.82, 2.24) is 9.80 Å². The Morgan fingerprint density at radius 1 is 1.19 bits per heavy atom. The number of alkyl halides is 3. The van der Waals surface area contributed by atoms with E-state index >= 15 is 0 Å². The van der Waals surface area contributed by atoms with Gasteiger partial charge in [0.15, 0.2) is 21.2 Å². The van der Waals surface area contributed by atoms with Gasteiger partial charge in [0.05, 0.1) is 24.4 Å². The fourth-order valence-corrected chi connectivity index (χ4v) is 7.67. The highest BCUT2D eigenvalue weighted by molar-refractivity contribution is 9.09. The quantitative estimate of drug-likeness (QED) is 0.234. The number of benzene rings is 1. The van der Waals surface area contributed by atoms with Crippen LogP contribution in [0.3, 0.4) is 0 Å². The van der Waals surface area contributed by atoms with E-state index in [0.29, 0.717) is 10.5 Å². The van der Waals surface area contributed by atoms with Gasteiger partial charge in [-0.05, 0) is 24.8 Å². The number of hydrogen-bond donors (Lipinski definition) is 2. The number of para-hydroxylation sites is 1. The van der Waals surface area contributed by atoms with Gasteiger partial charge in [-0.1, -0.05) is 39.7 Å². The first kappa shape index (κ1) is 25.0. The van der Waals surface area contributed by atoms with Gasteiger partial charge in [-0.25, -0.2) is 4.79 Å². The van der Waals surface area contributed by atoms with Gasteiger partial charge < -0.3 is 15.6 Å². The number of rotatable bonds is 3. The van der Waals surface area contributed by atoms with Gasteiger partial charge in [0, 0.05) is 11.5 Å². The van der Waals surface area contributed by atoms with Crippen LogP contribution >= 0.6 is 39.1 Å². The van der Waals surface area contributed by atoms with Crippen molar-refractivity contribution >= 4 is 68.8 Å². The normalized spacial score (nSPS) is 35.4. The van der Waals surface area contributed by atoms with Crippen LogP contribution in [0.4, 0.5) is 4.79 Å². The Balaban J connectivity index is 1.76. The van der Waals surface area contributed by atoms with E-state index in [9.17, 15) is 29.1 Å². The van der Waals surface area contributed by atoms with Gasteiger partial charge in [-0.2, -0.15) is 4.90 Å². The molecule has 5 rings (SSSR count). The largest absolute Gasteiger partial charge is 0.504 e. The number of imide groups is 4. The summed E-state index contributed by atoms with van der Waals surface area (Å²) >= 11 is 17.2. The number of nitrogens with two attached hydrogens (primary N) is 1.